The van der Waals surface area contributed by atoms with Crippen molar-refractivity contribution in [1.29, 1.82) is 0 Å². The van der Waals surface area contributed by atoms with Crippen molar-refractivity contribution in [2.75, 3.05) is 12.4 Å². The second-order valence-corrected chi connectivity index (χ2v) is 2.89. The molecule has 12 heavy (non-hydrogen) atoms. The van der Waals surface area contributed by atoms with Crippen molar-refractivity contribution in [1.82, 2.24) is 0 Å². The number of hydrogen-bond donors (Lipinski definition) is 1. The first-order valence-electron chi connectivity index (χ1n) is 4.16. The molecule has 0 aliphatic carbocycles. The molecule has 0 aliphatic rings. The van der Waals surface area contributed by atoms with Gasteiger partial charge < -0.3 is 5.32 Å². The summed E-state index contributed by atoms with van der Waals surface area (Å²) >= 11 is 0. The van der Waals surface area contributed by atoms with Crippen LogP contribution in [0, 0.1) is 6.92 Å². The molecule has 1 aromatic rings. The summed E-state index contributed by atoms with van der Waals surface area (Å²) in [5.74, 6) is 0. The SMILES string of the molecule is C=CCc1ccc(NC)c(C)c1. The molecular formula is C11H15N. The Hall–Kier alpha value is -1.24. The molecule has 1 aromatic carbocycles. The quantitative estimate of drug-likeness (QED) is 0.672. The van der Waals surface area contributed by atoms with Gasteiger partial charge in [-0.3, -0.25) is 0 Å². The number of rotatable bonds is 3. The number of hydrogen-bond acceptors (Lipinski definition) is 1. The van der Waals surface area contributed by atoms with Crippen LogP contribution < -0.4 is 5.32 Å². The molecule has 0 atom stereocenters. The molecule has 1 nitrogen and oxygen atoms in total. The van der Waals surface area contributed by atoms with Crippen LogP contribution in [-0.2, 0) is 6.42 Å². The van der Waals surface area contributed by atoms with Crippen molar-refractivity contribution in [3.63, 3.8) is 0 Å². The summed E-state index contributed by atoms with van der Waals surface area (Å²) in [6.07, 6.45) is 2.87. The molecule has 1 heteroatoms. The molecule has 1 rings (SSSR count). The zero-order valence-electron chi connectivity index (χ0n) is 7.72. The van der Waals surface area contributed by atoms with Gasteiger partial charge in [0.25, 0.3) is 0 Å². The molecule has 0 radical (unpaired) electrons. The standard InChI is InChI=1S/C11H15N/c1-4-5-10-6-7-11(12-3)9(2)8-10/h4,6-8,12H,1,5H2,2-3H3. The minimum atomic E-state index is 0.949. The third-order valence-corrected chi connectivity index (χ3v) is 1.94. The van der Waals surface area contributed by atoms with E-state index in [0.29, 0.717) is 0 Å². The number of benzene rings is 1. The predicted octanol–water partition coefficient (Wildman–Crippen LogP) is 2.77. The summed E-state index contributed by atoms with van der Waals surface area (Å²) in [5.41, 5.74) is 3.81. The fraction of sp³-hybridized carbons (Fsp3) is 0.273. The third-order valence-electron chi connectivity index (χ3n) is 1.94. The largest absolute Gasteiger partial charge is 0.388 e. The summed E-state index contributed by atoms with van der Waals surface area (Å²) < 4.78 is 0. The van der Waals surface area contributed by atoms with Gasteiger partial charge in [0.05, 0.1) is 0 Å². The highest BCUT2D eigenvalue weighted by Crippen LogP contribution is 2.15. The summed E-state index contributed by atoms with van der Waals surface area (Å²) in [6, 6.07) is 6.42. The Balaban J connectivity index is 2.93. The van der Waals surface area contributed by atoms with E-state index in [4.69, 9.17) is 0 Å². The topological polar surface area (TPSA) is 12.0 Å². The number of nitrogens with one attached hydrogen (secondary N) is 1. The summed E-state index contributed by atoms with van der Waals surface area (Å²) in [5, 5.41) is 3.14. The average Bonchev–Trinajstić information content (AvgIpc) is 2.05. The van der Waals surface area contributed by atoms with Gasteiger partial charge in [0.15, 0.2) is 0 Å². The molecule has 0 aliphatic heterocycles. The molecule has 0 bridgehead atoms. The molecule has 0 amide bonds. The van der Waals surface area contributed by atoms with Crippen LogP contribution >= 0.6 is 0 Å². The van der Waals surface area contributed by atoms with Gasteiger partial charge in [0.2, 0.25) is 0 Å². The Morgan fingerprint density at radius 1 is 1.50 bits per heavy atom. The summed E-state index contributed by atoms with van der Waals surface area (Å²) in [6.45, 7) is 5.82. The smallest absolute Gasteiger partial charge is 0.0367 e. The van der Waals surface area contributed by atoms with Gasteiger partial charge in [0.1, 0.15) is 0 Å². The number of allylic oxidation sites excluding steroid dienone is 1. The Morgan fingerprint density at radius 2 is 2.25 bits per heavy atom. The highest BCUT2D eigenvalue weighted by Gasteiger charge is 1.95. The van der Waals surface area contributed by atoms with Crippen LogP contribution in [0.5, 0.6) is 0 Å². The molecule has 64 valence electrons. The minimum Gasteiger partial charge on any atom is -0.388 e. The zero-order chi connectivity index (χ0) is 8.97. The van der Waals surface area contributed by atoms with Crippen LogP contribution in [0.1, 0.15) is 11.1 Å². The second-order valence-electron chi connectivity index (χ2n) is 2.89. The first-order chi connectivity index (χ1) is 5.77. The zero-order valence-corrected chi connectivity index (χ0v) is 7.72. The highest BCUT2D eigenvalue weighted by atomic mass is 14.8. The van der Waals surface area contributed by atoms with E-state index in [0.717, 1.165) is 6.42 Å². The van der Waals surface area contributed by atoms with Crippen LogP contribution in [0.3, 0.4) is 0 Å². The normalized spacial score (nSPS) is 9.50. The lowest BCUT2D eigenvalue weighted by Gasteiger charge is -2.06. The van der Waals surface area contributed by atoms with E-state index in [2.05, 4.69) is 37.0 Å². The Bertz CT molecular complexity index is 276. The maximum atomic E-state index is 3.71. The van der Waals surface area contributed by atoms with Gasteiger partial charge in [-0.15, -0.1) is 6.58 Å². The van der Waals surface area contributed by atoms with Crippen LogP contribution in [0.4, 0.5) is 5.69 Å². The number of aryl methyl sites for hydroxylation is 1. The van der Waals surface area contributed by atoms with Gasteiger partial charge in [-0.2, -0.15) is 0 Å². The van der Waals surface area contributed by atoms with E-state index in [1.165, 1.54) is 16.8 Å². The van der Waals surface area contributed by atoms with Crippen molar-refractivity contribution in [3.8, 4) is 0 Å². The summed E-state index contributed by atoms with van der Waals surface area (Å²) in [4.78, 5) is 0. The third kappa shape index (κ3) is 1.88. The molecule has 0 saturated carbocycles. The molecule has 0 saturated heterocycles. The maximum absolute atomic E-state index is 3.71. The van der Waals surface area contributed by atoms with E-state index in [-0.39, 0.29) is 0 Å². The molecule has 0 unspecified atom stereocenters. The molecule has 0 aromatic heterocycles. The predicted molar refractivity (Wildman–Crippen MR) is 54.6 cm³/mol. The van der Waals surface area contributed by atoms with E-state index in [9.17, 15) is 0 Å². The summed E-state index contributed by atoms with van der Waals surface area (Å²) in [7, 11) is 1.94. The molecule has 0 fully saturated rings. The van der Waals surface area contributed by atoms with Crippen molar-refractivity contribution in [3.05, 3.63) is 42.0 Å². The highest BCUT2D eigenvalue weighted by molar-refractivity contribution is 5.51. The van der Waals surface area contributed by atoms with Gasteiger partial charge in [0, 0.05) is 12.7 Å². The first kappa shape index (κ1) is 8.85. The maximum Gasteiger partial charge on any atom is 0.0367 e. The molecule has 0 heterocycles. The van der Waals surface area contributed by atoms with Crippen molar-refractivity contribution in [2.24, 2.45) is 0 Å². The van der Waals surface area contributed by atoms with E-state index in [1.54, 1.807) is 0 Å². The fourth-order valence-corrected chi connectivity index (χ4v) is 1.30. The molecular weight excluding hydrogens is 146 g/mol. The minimum absolute atomic E-state index is 0.949. The van der Waals surface area contributed by atoms with E-state index >= 15 is 0 Å². The first-order valence-corrected chi connectivity index (χ1v) is 4.16. The van der Waals surface area contributed by atoms with Gasteiger partial charge in [-0.25, -0.2) is 0 Å². The average molecular weight is 161 g/mol. The van der Waals surface area contributed by atoms with E-state index in [1.807, 2.05) is 13.1 Å². The Labute approximate surface area is 74.1 Å². The van der Waals surface area contributed by atoms with Gasteiger partial charge in [-0.05, 0) is 30.5 Å². The lowest BCUT2D eigenvalue weighted by Crippen LogP contribution is -1.92. The van der Waals surface area contributed by atoms with Crippen molar-refractivity contribution < 1.29 is 0 Å². The van der Waals surface area contributed by atoms with Crippen LogP contribution in [0.2, 0.25) is 0 Å². The molecule has 0 spiro atoms. The fourth-order valence-electron chi connectivity index (χ4n) is 1.30. The molecule has 1 N–H and O–H groups in total. The number of anilines is 1. The monoisotopic (exact) mass is 161 g/mol. The van der Waals surface area contributed by atoms with Crippen molar-refractivity contribution in [2.45, 2.75) is 13.3 Å². The lowest BCUT2D eigenvalue weighted by atomic mass is 10.1. The lowest BCUT2D eigenvalue weighted by molar-refractivity contribution is 1.25. The van der Waals surface area contributed by atoms with Gasteiger partial charge >= 0.3 is 0 Å². The van der Waals surface area contributed by atoms with Crippen LogP contribution in [-0.4, -0.2) is 7.05 Å². The van der Waals surface area contributed by atoms with E-state index < -0.39 is 0 Å². The Kier molecular flexibility index (Phi) is 2.92. The van der Waals surface area contributed by atoms with Gasteiger partial charge in [-0.1, -0.05) is 18.2 Å². The van der Waals surface area contributed by atoms with Crippen LogP contribution in [0.25, 0.3) is 0 Å². The second kappa shape index (κ2) is 3.96. The van der Waals surface area contributed by atoms with Crippen LogP contribution in [0.15, 0.2) is 30.9 Å². The Morgan fingerprint density at radius 3 is 2.75 bits per heavy atom. The van der Waals surface area contributed by atoms with Crippen molar-refractivity contribution >= 4 is 5.69 Å².